The average Bonchev–Trinajstić information content (AvgIpc) is 3.36. The highest BCUT2D eigenvalue weighted by molar-refractivity contribution is 5.97. The van der Waals surface area contributed by atoms with E-state index in [1.54, 1.807) is 0 Å². The van der Waals surface area contributed by atoms with Crippen LogP contribution >= 0.6 is 0 Å². The molecule has 3 aromatic carbocycles. The highest BCUT2D eigenvalue weighted by Crippen LogP contribution is 2.38. The molecule has 1 aliphatic heterocycles. The summed E-state index contributed by atoms with van der Waals surface area (Å²) in [6.07, 6.45) is 2.99. The molecule has 0 spiro atoms. The Morgan fingerprint density at radius 1 is 0.933 bits per heavy atom. The van der Waals surface area contributed by atoms with Crippen LogP contribution in [0.25, 0.3) is 38.6 Å². The van der Waals surface area contributed by atoms with E-state index in [2.05, 4.69) is 94.3 Å². The topological polar surface area (TPSA) is 36.9 Å². The summed E-state index contributed by atoms with van der Waals surface area (Å²) < 4.78 is 2.51. The van der Waals surface area contributed by atoms with Gasteiger partial charge in [0.05, 0.1) is 22.9 Å². The highest BCUT2D eigenvalue weighted by Gasteiger charge is 2.24. The molecule has 1 N–H and O–H groups in total. The Bertz CT molecular complexity index is 1410. The van der Waals surface area contributed by atoms with Gasteiger partial charge in [0.2, 0.25) is 0 Å². The maximum Gasteiger partial charge on any atom is 0.0656 e. The minimum absolute atomic E-state index is 1.00. The van der Waals surface area contributed by atoms with E-state index in [0.29, 0.717) is 0 Å². The van der Waals surface area contributed by atoms with Gasteiger partial charge in [-0.15, -0.1) is 0 Å². The standard InChI is InChI=1S/C26H24N4/c1-17-10-11-25-20(14-17)22-16-29(2)13-12-26(22)30(25)24-9-4-3-6-19(24)18-7-5-8-23-21(18)15-27-28-23/h3-11,14-15H,12-13,16H2,1-2H3,(H,27,28). The Balaban J connectivity index is 1.68. The van der Waals surface area contributed by atoms with Crippen molar-refractivity contribution in [3.05, 3.63) is 83.7 Å². The molecular formula is C26H24N4. The van der Waals surface area contributed by atoms with E-state index < -0.39 is 0 Å². The Morgan fingerprint density at radius 3 is 2.73 bits per heavy atom. The molecule has 4 nitrogen and oxygen atoms in total. The number of para-hydroxylation sites is 1. The quantitative estimate of drug-likeness (QED) is 0.432. The zero-order valence-corrected chi connectivity index (χ0v) is 17.3. The Kier molecular flexibility index (Phi) is 3.83. The molecule has 30 heavy (non-hydrogen) atoms. The van der Waals surface area contributed by atoms with Gasteiger partial charge in [-0.1, -0.05) is 42.0 Å². The summed E-state index contributed by atoms with van der Waals surface area (Å²) in [4.78, 5) is 2.42. The Labute approximate surface area is 175 Å². The van der Waals surface area contributed by atoms with Crippen molar-refractivity contribution in [2.24, 2.45) is 0 Å². The van der Waals surface area contributed by atoms with Crippen LogP contribution in [-0.4, -0.2) is 33.3 Å². The molecule has 0 aliphatic carbocycles. The predicted octanol–water partition coefficient (Wildman–Crippen LogP) is 5.47. The average molecular weight is 393 g/mol. The lowest BCUT2D eigenvalue weighted by molar-refractivity contribution is 0.311. The number of nitrogens with one attached hydrogen (secondary N) is 1. The van der Waals surface area contributed by atoms with Gasteiger partial charge in [0.1, 0.15) is 0 Å². The van der Waals surface area contributed by atoms with Gasteiger partial charge >= 0.3 is 0 Å². The maximum atomic E-state index is 4.28. The molecule has 3 heterocycles. The van der Waals surface area contributed by atoms with E-state index in [1.807, 2.05) is 6.20 Å². The minimum atomic E-state index is 1.00. The molecule has 5 aromatic rings. The van der Waals surface area contributed by atoms with E-state index in [-0.39, 0.29) is 0 Å². The van der Waals surface area contributed by atoms with Crippen LogP contribution in [0.5, 0.6) is 0 Å². The monoisotopic (exact) mass is 392 g/mol. The first kappa shape index (κ1) is 17.5. The lowest BCUT2D eigenvalue weighted by atomic mass is 9.99. The number of aromatic nitrogens is 3. The smallest absolute Gasteiger partial charge is 0.0656 e. The summed E-state index contributed by atoms with van der Waals surface area (Å²) in [5, 5.41) is 9.93. The van der Waals surface area contributed by atoms with Crippen molar-refractivity contribution in [2.75, 3.05) is 13.6 Å². The molecule has 4 heteroatoms. The first-order valence-electron chi connectivity index (χ1n) is 10.5. The third kappa shape index (κ3) is 2.54. The molecule has 2 aromatic heterocycles. The summed E-state index contributed by atoms with van der Waals surface area (Å²) in [5.74, 6) is 0. The fourth-order valence-electron chi connectivity index (χ4n) is 4.98. The third-order valence-corrected chi connectivity index (χ3v) is 6.41. The molecular weight excluding hydrogens is 368 g/mol. The van der Waals surface area contributed by atoms with E-state index in [1.165, 1.54) is 44.5 Å². The van der Waals surface area contributed by atoms with Gasteiger partial charge < -0.3 is 9.47 Å². The van der Waals surface area contributed by atoms with E-state index >= 15 is 0 Å². The molecule has 1 aliphatic rings. The second kappa shape index (κ2) is 6.57. The van der Waals surface area contributed by atoms with Crippen LogP contribution in [0.4, 0.5) is 0 Å². The van der Waals surface area contributed by atoms with E-state index in [4.69, 9.17) is 0 Å². The number of H-pyrrole nitrogens is 1. The number of aryl methyl sites for hydroxylation is 1. The Morgan fingerprint density at radius 2 is 1.80 bits per heavy atom. The lowest BCUT2D eigenvalue weighted by Gasteiger charge is -2.25. The normalized spacial score (nSPS) is 14.5. The number of likely N-dealkylation sites (N-methyl/N-ethyl adjacent to an activating group) is 1. The molecule has 0 saturated carbocycles. The summed E-state index contributed by atoms with van der Waals surface area (Å²) in [6, 6.07) is 22.0. The summed E-state index contributed by atoms with van der Waals surface area (Å²) in [6.45, 7) is 4.27. The van der Waals surface area contributed by atoms with Crippen LogP contribution in [0.15, 0.2) is 66.9 Å². The number of aromatic amines is 1. The highest BCUT2D eigenvalue weighted by atomic mass is 15.1. The van der Waals surface area contributed by atoms with Crippen LogP contribution < -0.4 is 0 Å². The molecule has 0 unspecified atom stereocenters. The van der Waals surface area contributed by atoms with Gasteiger partial charge in [0.15, 0.2) is 0 Å². The van der Waals surface area contributed by atoms with Crippen molar-refractivity contribution in [3.63, 3.8) is 0 Å². The van der Waals surface area contributed by atoms with Crippen LogP contribution in [0.1, 0.15) is 16.8 Å². The zero-order valence-electron chi connectivity index (χ0n) is 17.3. The van der Waals surface area contributed by atoms with Crippen molar-refractivity contribution in [3.8, 4) is 16.8 Å². The third-order valence-electron chi connectivity index (χ3n) is 6.41. The van der Waals surface area contributed by atoms with Gasteiger partial charge in [-0.3, -0.25) is 5.10 Å². The molecule has 0 amide bonds. The number of hydrogen-bond acceptors (Lipinski definition) is 2. The number of nitrogens with zero attached hydrogens (tertiary/aromatic N) is 3. The second-order valence-electron chi connectivity index (χ2n) is 8.42. The first-order chi connectivity index (χ1) is 14.7. The molecule has 0 fully saturated rings. The van der Waals surface area contributed by atoms with Crippen molar-refractivity contribution < 1.29 is 0 Å². The fraction of sp³-hybridized carbons (Fsp3) is 0.192. The number of benzene rings is 3. The van der Waals surface area contributed by atoms with Gasteiger partial charge in [-0.25, -0.2) is 0 Å². The zero-order chi connectivity index (χ0) is 20.2. The number of rotatable bonds is 2. The molecule has 6 rings (SSSR count). The molecule has 0 bridgehead atoms. The van der Waals surface area contributed by atoms with Crippen molar-refractivity contribution >= 4 is 21.8 Å². The van der Waals surface area contributed by atoms with Crippen LogP contribution in [0.2, 0.25) is 0 Å². The van der Waals surface area contributed by atoms with Crippen molar-refractivity contribution in [1.29, 1.82) is 0 Å². The number of fused-ring (bicyclic) bond motifs is 4. The van der Waals surface area contributed by atoms with Crippen LogP contribution in [0, 0.1) is 6.92 Å². The summed E-state index contributed by atoms with van der Waals surface area (Å²) in [5.41, 5.74) is 10.3. The van der Waals surface area contributed by atoms with Gasteiger partial charge in [0.25, 0.3) is 0 Å². The second-order valence-corrected chi connectivity index (χ2v) is 8.42. The van der Waals surface area contributed by atoms with Gasteiger partial charge in [-0.05, 0) is 49.4 Å². The van der Waals surface area contributed by atoms with Crippen LogP contribution in [0.3, 0.4) is 0 Å². The van der Waals surface area contributed by atoms with E-state index in [0.717, 1.165) is 30.4 Å². The van der Waals surface area contributed by atoms with Crippen molar-refractivity contribution in [2.45, 2.75) is 19.9 Å². The van der Waals surface area contributed by atoms with Gasteiger partial charge in [0, 0.05) is 41.5 Å². The van der Waals surface area contributed by atoms with Gasteiger partial charge in [-0.2, -0.15) is 5.10 Å². The van der Waals surface area contributed by atoms with Crippen LogP contribution in [-0.2, 0) is 13.0 Å². The summed E-state index contributed by atoms with van der Waals surface area (Å²) >= 11 is 0. The molecule has 148 valence electrons. The van der Waals surface area contributed by atoms with Crippen molar-refractivity contribution in [1.82, 2.24) is 19.7 Å². The SMILES string of the molecule is Cc1ccc2c(c1)c1c(n2-c2ccccc2-c2cccc3[nH]ncc23)CCN(C)C1. The minimum Gasteiger partial charge on any atom is -0.313 e. The maximum absolute atomic E-state index is 4.28. The summed E-state index contributed by atoms with van der Waals surface area (Å²) in [7, 11) is 2.22. The first-order valence-corrected chi connectivity index (χ1v) is 10.5. The molecule has 0 atom stereocenters. The fourth-order valence-corrected chi connectivity index (χ4v) is 4.98. The lowest BCUT2D eigenvalue weighted by Crippen LogP contribution is -2.27. The largest absolute Gasteiger partial charge is 0.313 e. The molecule has 0 saturated heterocycles. The molecule has 0 radical (unpaired) electrons. The predicted molar refractivity (Wildman–Crippen MR) is 123 cm³/mol. The number of hydrogen-bond donors (Lipinski definition) is 1. The Hall–Kier alpha value is -3.37. The van der Waals surface area contributed by atoms with E-state index in [9.17, 15) is 0 Å².